The van der Waals surface area contributed by atoms with Gasteiger partial charge in [-0.25, -0.2) is 0 Å². The van der Waals surface area contributed by atoms with E-state index in [4.69, 9.17) is 0 Å². The molecule has 0 heterocycles. The molecule has 1 aliphatic rings. The molecule has 0 aromatic rings. The summed E-state index contributed by atoms with van der Waals surface area (Å²) in [6.07, 6.45) is 6.19. The van der Waals surface area contributed by atoms with Crippen molar-refractivity contribution in [1.29, 1.82) is 0 Å². The van der Waals surface area contributed by atoms with Crippen LogP contribution in [0.1, 0.15) is 109 Å². The zero-order chi connectivity index (χ0) is 20.4. The Kier molecular flexibility index (Phi) is 8.74. The van der Waals surface area contributed by atoms with Gasteiger partial charge in [0.25, 0.3) is 0 Å². The highest BCUT2D eigenvalue weighted by Gasteiger charge is 2.53. The van der Waals surface area contributed by atoms with Crippen molar-refractivity contribution in [2.24, 2.45) is 0 Å². The molecule has 156 valence electrons. The fourth-order valence-corrected chi connectivity index (χ4v) is 25.2. The van der Waals surface area contributed by atoms with Crippen molar-refractivity contribution in [2.45, 2.75) is 153 Å². The molecule has 1 aliphatic carbocycles. The Hall–Kier alpha value is 0.434. The molecular formula is C24H52Si2. The van der Waals surface area contributed by atoms with Gasteiger partial charge in [0.05, 0.1) is 16.1 Å². The van der Waals surface area contributed by atoms with Crippen LogP contribution in [0.25, 0.3) is 0 Å². The van der Waals surface area contributed by atoms with E-state index in [1.54, 1.807) is 25.7 Å². The summed E-state index contributed by atoms with van der Waals surface area (Å²) in [6.45, 7) is 30.8. The zero-order valence-corrected chi connectivity index (χ0v) is 22.4. The molecule has 0 radical (unpaired) electrons. The van der Waals surface area contributed by atoms with Crippen LogP contribution in [0.2, 0.25) is 44.3 Å². The molecule has 0 aromatic carbocycles. The van der Waals surface area contributed by atoms with E-state index < -0.39 is 16.1 Å². The van der Waals surface area contributed by atoms with Crippen molar-refractivity contribution in [3.63, 3.8) is 0 Å². The van der Waals surface area contributed by atoms with Gasteiger partial charge in [0.15, 0.2) is 0 Å². The highest BCUT2D eigenvalue weighted by Crippen LogP contribution is 2.60. The third-order valence-corrected chi connectivity index (χ3v) is 25.1. The Balaban J connectivity index is 3.14. The number of hydrogen-bond acceptors (Lipinski definition) is 0. The maximum absolute atomic E-state index is 2.56. The molecule has 0 unspecified atom stereocenters. The monoisotopic (exact) mass is 396 g/mol. The van der Waals surface area contributed by atoms with Crippen molar-refractivity contribution in [3.8, 4) is 0 Å². The Bertz CT molecular complexity index is 328. The summed E-state index contributed by atoms with van der Waals surface area (Å²) in [5.41, 5.74) is 7.67. The Labute approximate surface area is 169 Å². The van der Waals surface area contributed by atoms with E-state index in [1.165, 1.54) is 0 Å². The minimum Gasteiger partial charge on any atom is -0.0651 e. The highest BCUT2D eigenvalue weighted by molar-refractivity contribution is 6.85. The second-order valence-electron chi connectivity index (χ2n) is 11.5. The van der Waals surface area contributed by atoms with Crippen LogP contribution >= 0.6 is 0 Å². The normalized spacial score (nSPS) is 23.3. The van der Waals surface area contributed by atoms with Crippen molar-refractivity contribution >= 4 is 16.1 Å². The SMILES string of the molecule is CC(C)[Si](C(C)C)(C(C)C)C1CCC([Si](C(C)C)(C(C)C)C(C)C)CC1. The van der Waals surface area contributed by atoms with Gasteiger partial charge in [0.2, 0.25) is 0 Å². The summed E-state index contributed by atoms with van der Waals surface area (Å²) < 4.78 is 0. The molecule has 0 amide bonds. The molecule has 0 aromatic heterocycles. The molecule has 0 N–H and O–H groups in total. The van der Waals surface area contributed by atoms with Gasteiger partial charge in [-0.3, -0.25) is 0 Å². The van der Waals surface area contributed by atoms with Crippen LogP contribution in [-0.2, 0) is 0 Å². The van der Waals surface area contributed by atoms with Crippen molar-refractivity contribution in [1.82, 2.24) is 0 Å². The summed E-state index contributed by atoms with van der Waals surface area (Å²) >= 11 is 0. The fraction of sp³-hybridized carbons (Fsp3) is 1.00. The van der Waals surface area contributed by atoms with E-state index >= 15 is 0 Å². The first-order chi connectivity index (χ1) is 11.9. The lowest BCUT2D eigenvalue weighted by Gasteiger charge is -2.55. The summed E-state index contributed by atoms with van der Waals surface area (Å²) in [6, 6.07) is 0. The first-order valence-electron chi connectivity index (χ1n) is 11.9. The van der Waals surface area contributed by atoms with Gasteiger partial charge < -0.3 is 0 Å². The molecule has 2 heteroatoms. The number of hydrogen-bond donors (Lipinski definition) is 0. The summed E-state index contributed by atoms with van der Waals surface area (Å²) in [5.74, 6) is 0. The van der Waals surface area contributed by atoms with Gasteiger partial charge >= 0.3 is 0 Å². The van der Waals surface area contributed by atoms with Gasteiger partial charge in [-0.15, -0.1) is 0 Å². The second-order valence-corrected chi connectivity index (χ2v) is 24.0. The Morgan fingerprint density at radius 2 is 0.538 bits per heavy atom. The predicted octanol–water partition coefficient (Wildman–Crippen LogP) is 9.66. The van der Waals surface area contributed by atoms with Crippen LogP contribution in [0.15, 0.2) is 0 Å². The van der Waals surface area contributed by atoms with Crippen LogP contribution < -0.4 is 0 Å². The largest absolute Gasteiger partial charge is 0.0651 e. The molecular weight excluding hydrogens is 344 g/mol. The first-order valence-corrected chi connectivity index (χ1v) is 16.5. The fourth-order valence-electron chi connectivity index (χ4n) is 8.92. The highest BCUT2D eigenvalue weighted by atomic mass is 28.3. The molecule has 0 saturated heterocycles. The second kappa shape index (κ2) is 9.29. The molecule has 26 heavy (non-hydrogen) atoms. The average molecular weight is 397 g/mol. The third kappa shape index (κ3) is 3.93. The van der Waals surface area contributed by atoms with Crippen molar-refractivity contribution in [3.05, 3.63) is 0 Å². The zero-order valence-electron chi connectivity index (χ0n) is 20.4. The molecule has 0 spiro atoms. The lowest BCUT2D eigenvalue weighted by Crippen LogP contribution is -2.53. The lowest BCUT2D eigenvalue weighted by molar-refractivity contribution is 0.452. The predicted molar refractivity (Wildman–Crippen MR) is 128 cm³/mol. The van der Waals surface area contributed by atoms with E-state index in [0.717, 1.165) is 44.3 Å². The quantitative estimate of drug-likeness (QED) is 0.358. The van der Waals surface area contributed by atoms with Crippen LogP contribution in [-0.4, -0.2) is 16.1 Å². The maximum atomic E-state index is 2.56. The topological polar surface area (TPSA) is 0 Å². The minimum absolute atomic E-state index is 0.923. The lowest BCUT2D eigenvalue weighted by atomic mass is 9.99. The van der Waals surface area contributed by atoms with Crippen LogP contribution in [0, 0.1) is 0 Å². The smallest absolute Gasteiger partial charge is 0.0643 e. The van der Waals surface area contributed by atoms with Crippen LogP contribution in [0.4, 0.5) is 0 Å². The van der Waals surface area contributed by atoms with Gasteiger partial charge in [0.1, 0.15) is 0 Å². The first kappa shape index (κ1) is 24.5. The third-order valence-electron chi connectivity index (χ3n) is 9.14. The molecule has 1 saturated carbocycles. The van der Waals surface area contributed by atoms with Crippen LogP contribution in [0.3, 0.4) is 0 Å². The molecule has 0 bridgehead atoms. The molecule has 0 atom stereocenters. The van der Waals surface area contributed by atoms with E-state index in [0.29, 0.717) is 0 Å². The number of rotatable bonds is 8. The summed E-state index contributed by atoms with van der Waals surface area (Å²) in [5, 5.41) is 0. The van der Waals surface area contributed by atoms with Crippen molar-refractivity contribution in [2.75, 3.05) is 0 Å². The molecule has 0 aliphatic heterocycles. The van der Waals surface area contributed by atoms with E-state index in [-0.39, 0.29) is 0 Å². The Morgan fingerprint density at radius 1 is 0.385 bits per heavy atom. The summed E-state index contributed by atoms with van der Waals surface area (Å²) in [7, 11) is -2.56. The average Bonchev–Trinajstić information content (AvgIpc) is 2.47. The van der Waals surface area contributed by atoms with Crippen LogP contribution in [0.5, 0.6) is 0 Å². The molecule has 1 fully saturated rings. The van der Waals surface area contributed by atoms with Gasteiger partial charge in [-0.1, -0.05) is 142 Å². The van der Waals surface area contributed by atoms with E-state index in [9.17, 15) is 0 Å². The standard InChI is InChI=1S/C24H52Si2/c1-17(2)25(18(3)4,19(5)6)23-13-15-24(16-14-23)26(20(7)8,21(9)10)22(11)12/h17-24H,13-16H2,1-12H3. The molecule has 1 rings (SSSR count). The van der Waals surface area contributed by atoms with E-state index in [2.05, 4.69) is 83.1 Å². The Morgan fingerprint density at radius 3 is 0.654 bits per heavy atom. The maximum Gasteiger partial charge on any atom is 0.0643 e. The van der Waals surface area contributed by atoms with Gasteiger partial charge in [0, 0.05) is 0 Å². The van der Waals surface area contributed by atoms with E-state index in [1.807, 2.05) is 0 Å². The van der Waals surface area contributed by atoms with Gasteiger partial charge in [-0.2, -0.15) is 0 Å². The molecule has 0 nitrogen and oxygen atoms in total. The van der Waals surface area contributed by atoms with Crippen molar-refractivity contribution < 1.29 is 0 Å². The summed E-state index contributed by atoms with van der Waals surface area (Å²) in [4.78, 5) is 0. The minimum atomic E-state index is -1.28. The van der Waals surface area contributed by atoms with Gasteiger partial charge in [-0.05, 0) is 11.1 Å².